The zero-order chi connectivity index (χ0) is 10.6. The molecule has 14 heavy (non-hydrogen) atoms. The highest BCUT2D eigenvalue weighted by Crippen LogP contribution is 2.24. The van der Waals surface area contributed by atoms with Gasteiger partial charge in [-0.2, -0.15) is 0 Å². The Labute approximate surface area is 94.0 Å². The molecule has 0 nitrogen and oxygen atoms in total. The fraction of sp³-hybridized carbons (Fsp3) is 0.500. The Morgan fingerprint density at radius 3 is 1.79 bits per heavy atom. The standard InChI is InChI=1S/C12H16Si2/c1-9(7-13)11-4-3-5-12(6-11)10(2)8-14/h3-6,9-10H,7-8H2,1-2H3. The van der Waals surface area contributed by atoms with Gasteiger partial charge in [-0.25, -0.2) is 0 Å². The van der Waals surface area contributed by atoms with Crippen LogP contribution in [0, 0.1) is 0 Å². The van der Waals surface area contributed by atoms with Crippen LogP contribution in [-0.2, 0) is 0 Å². The maximum absolute atomic E-state index is 3.57. The fourth-order valence-corrected chi connectivity index (χ4v) is 1.88. The van der Waals surface area contributed by atoms with Crippen LogP contribution in [0.15, 0.2) is 24.3 Å². The number of rotatable bonds is 4. The van der Waals surface area contributed by atoms with Crippen LogP contribution in [0.25, 0.3) is 0 Å². The molecule has 0 aliphatic heterocycles. The van der Waals surface area contributed by atoms with Crippen molar-refractivity contribution >= 4 is 20.5 Å². The minimum absolute atomic E-state index is 0.591. The largest absolute Gasteiger partial charge is 0.0617 e. The number of hydrogen-bond acceptors (Lipinski definition) is 0. The molecule has 2 heteroatoms. The summed E-state index contributed by atoms with van der Waals surface area (Å²) < 4.78 is 0. The van der Waals surface area contributed by atoms with Crippen molar-refractivity contribution in [1.82, 2.24) is 0 Å². The average Bonchev–Trinajstić information content (AvgIpc) is 2.27. The lowest BCUT2D eigenvalue weighted by Crippen LogP contribution is -1.97. The molecule has 0 saturated carbocycles. The molecule has 6 radical (unpaired) electrons. The second kappa shape index (κ2) is 5.51. The predicted octanol–water partition coefficient (Wildman–Crippen LogP) is 3.07. The molecule has 72 valence electrons. The molecule has 0 heterocycles. The Kier molecular flexibility index (Phi) is 4.62. The summed E-state index contributed by atoms with van der Waals surface area (Å²) in [6, 6.07) is 10.9. The fourth-order valence-electron chi connectivity index (χ4n) is 1.41. The van der Waals surface area contributed by atoms with E-state index in [4.69, 9.17) is 0 Å². The summed E-state index contributed by atoms with van der Waals surface area (Å²) in [5, 5.41) is 0. The van der Waals surface area contributed by atoms with Crippen LogP contribution < -0.4 is 0 Å². The van der Waals surface area contributed by atoms with E-state index in [2.05, 4.69) is 58.6 Å². The summed E-state index contributed by atoms with van der Waals surface area (Å²) in [7, 11) is 7.14. The third-order valence-electron chi connectivity index (χ3n) is 2.66. The molecule has 0 spiro atoms. The molecule has 0 aromatic heterocycles. The Morgan fingerprint density at radius 1 is 1.00 bits per heavy atom. The van der Waals surface area contributed by atoms with E-state index in [-0.39, 0.29) is 0 Å². The van der Waals surface area contributed by atoms with Crippen molar-refractivity contribution in [3.05, 3.63) is 35.4 Å². The molecule has 0 saturated heterocycles. The predicted molar refractivity (Wildman–Crippen MR) is 64.4 cm³/mol. The lowest BCUT2D eigenvalue weighted by molar-refractivity contribution is 0.832. The molecule has 0 fully saturated rings. The molecule has 0 bridgehead atoms. The first-order chi connectivity index (χ1) is 6.69. The molecular weight excluding hydrogens is 200 g/mol. The molecule has 0 aliphatic carbocycles. The Balaban J connectivity index is 2.89. The van der Waals surface area contributed by atoms with Gasteiger partial charge in [0.2, 0.25) is 0 Å². The van der Waals surface area contributed by atoms with Gasteiger partial charge < -0.3 is 0 Å². The Morgan fingerprint density at radius 2 is 1.43 bits per heavy atom. The van der Waals surface area contributed by atoms with Gasteiger partial charge in [-0.05, 0) is 23.0 Å². The summed E-state index contributed by atoms with van der Waals surface area (Å²) in [5.74, 6) is 1.18. The van der Waals surface area contributed by atoms with Gasteiger partial charge in [0.15, 0.2) is 0 Å². The highest BCUT2D eigenvalue weighted by molar-refractivity contribution is 6.09. The molecule has 0 amide bonds. The van der Waals surface area contributed by atoms with Crippen LogP contribution >= 0.6 is 0 Å². The van der Waals surface area contributed by atoms with Crippen molar-refractivity contribution in [1.29, 1.82) is 0 Å². The van der Waals surface area contributed by atoms with Crippen LogP contribution in [0.5, 0.6) is 0 Å². The van der Waals surface area contributed by atoms with Crippen LogP contribution in [0.3, 0.4) is 0 Å². The lowest BCUT2D eigenvalue weighted by Gasteiger charge is -2.14. The molecule has 1 rings (SSSR count). The average molecular weight is 216 g/mol. The maximum Gasteiger partial charge on any atom is 0.0228 e. The third-order valence-corrected chi connectivity index (χ3v) is 3.89. The Hall–Kier alpha value is -0.346. The highest BCUT2D eigenvalue weighted by Gasteiger charge is 2.06. The lowest BCUT2D eigenvalue weighted by atomic mass is 9.96. The maximum atomic E-state index is 3.57. The van der Waals surface area contributed by atoms with E-state index in [0.717, 1.165) is 12.1 Å². The smallest absolute Gasteiger partial charge is 0.0228 e. The summed E-state index contributed by atoms with van der Waals surface area (Å²) in [6.07, 6.45) is 0. The second-order valence-corrected chi connectivity index (χ2v) is 4.70. The van der Waals surface area contributed by atoms with Crippen molar-refractivity contribution in [2.24, 2.45) is 0 Å². The molecule has 0 aliphatic rings. The molecule has 2 unspecified atom stereocenters. The van der Waals surface area contributed by atoms with Crippen molar-refractivity contribution < 1.29 is 0 Å². The second-order valence-electron chi connectivity index (χ2n) is 3.88. The van der Waals surface area contributed by atoms with Gasteiger partial charge in [-0.15, -0.1) is 0 Å². The molecule has 2 atom stereocenters. The van der Waals surface area contributed by atoms with Crippen molar-refractivity contribution in [2.75, 3.05) is 0 Å². The first kappa shape index (κ1) is 11.7. The van der Waals surface area contributed by atoms with Gasteiger partial charge in [0, 0.05) is 20.5 Å². The molecule has 1 aromatic rings. The topological polar surface area (TPSA) is 0 Å². The van der Waals surface area contributed by atoms with Crippen LogP contribution in [0.4, 0.5) is 0 Å². The highest BCUT2D eigenvalue weighted by atomic mass is 28.1. The summed E-state index contributed by atoms with van der Waals surface area (Å²) in [5.41, 5.74) is 2.84. The first-order valence-electron chi connectivity index (χ1n) is 5.08. The zero-order valence-electron chi connectivity index (χ0n) is 8.88. The summed E-state index contributed by atoms with van der Waals surface area (Å²) in [6.45, 7) is 4.48. The van der Waals surface area contributed by atoms with Crippen LogP contribution in [0.1, 0.15) is 36.8 Å². The van der Waals surface area contributed by atoms with Gasteiger partial charge in [0.25, 0.3) is 0 Å². The van der Waals surface area contributed by atoms with Gasteiger partial charge in [0.1, 0.15) is 0 Å². The Bertz CT molecular complexity index is 258. The van der Waals surface area contributed by atoms with Crippen LogP contribution in [0.2, 0.25) is 12.1 Å². The van der Waals surface area contributed by atoms with E-state index >= 15 is 0 Å². The number of hydrogen-bond donors (Lipinski definition) is 0. The minimum atomic E-state index is 0.591. The van der Waals surface area contributed by atoms with E-state index in [1.54, 1.807) is 0 Å². The van der Waals surface area contributed by atoms with E-state index < -0.39 is 0 Å². The number of benzene rings is 1. The minimum Gasteiger partial charge on any atom is -0.0617 e. The molecule has 0 N–H and O–H groups in total. The zero-order valence-corrected chi connectivity index (χ0v) is 10.9. The van der Waals surface area contributed by atoms with Gasteiger partial charge >= 0.3 is 0 Å². The third kappa shape index (κ3) is 2.82. The SMILES string of the molecule is CC(C[Si])c1cccc(C(C)C[Si])c1. The monoisotopic (exact) mass is 216 g/mol. The van der Waals surface area contributed by atoms with Crippen molar-refractivity contribution in [2.45, 2.75) is 37.8 Å². The van der Waals surface area contributed by atoms with E-state index in [1.807, 2.05) is 0 Å². The van der Waals surface area contributed by atoms with Crippen molar-refractivity contribution in [3.8, 4) is 0 Å². The van der Waals surface area contributed by atoms with E-state index in [9.17, 15) is 0 Å². The van der Waals surface area contributed by atoms with Crippen molar-refractivity contribution in [3.63, 3.8) is 0 Å². The van der Waals surface area contributed by atoms with Gasteiger partial charge in [-0.3, -0.25) is 0 Å². The van der Waals surface area contributed by atoms with Gasteiger partial charge in [0.05, 0.1) is 0 Å². The quantitative estimate of drug-likeness (QED) is 0.679. The molecular formula is C12H16Si2. The van der Waals surface area contributed by atoms with E-state index in [1.165, 1.54) is 11.1 Å². The normalized spacial score (nSPS) is 15.1. The molecule has 1 aromatic carbocycles. The summed E-state index contributed by atoms with van der Waals surface area (Å²) in [4.78, 5) is 0. The van der Waals surface area contributed by atoms with Crippen LogP contribution in [-0.4, -0.2) is 20.5 Å². The van der Waals surface area contributed by atoms with E-state index in [0.29, 0.717) is 11.8 Å². The van der Waals surface area contributed by atoms with Gasteiger partial charge in [-0.1, -0.05) is 50.2 Å². The summed E-state index contributed by atoms with van der Waals surface area (Å²) >= 11 is 0. The first-order valence-corrected chi connectivity index (χ1v) is 6.49.